The van der Waals surface area contributed by atoms with Crippen molar-refractivity contribution in [3.63, 3.8) is 0 Å². The molecule has 0 aliphatic carbocycles. The van der Waals surface area contributed by atoms with Crippen LogP contribution in [0.4, 0.5) is 0 Å². The molecule has 0 aliphatic heterocycles. The van der Waals surface area contributed by atoms with Gasteiger partial charge < -0.3 is 0 Å². The highest BCUT2D eigenvalue weighted by molar-refractivity contribution is 7.22. The van der Waals surface area contributed by atoms with Crippen LogP contribution in [0.15, 0.2) is 249 Å². The van der Waals surface area contributed by atoms with Crippen LogP contribution in [-0.2, 0) is 0 Å². The van der Waals surface area contributed by atoms with Crippen LogP contribution in [0, 0.1) is 0 Å². The Morgan fingerprint density at radius 3 is 0.859 bits per heavy atom. The molecule has 0 amide bonds. The molecule has 7 heteroatoms. The first-order valence-electron chi connectivity index (χ1n) is 21.3. The van der Waals surface area contributed by atoms with Crippen LogP contribution in [0.1, 0.15) is 0 Å². The number of benzene rings is 9. The van der Waals surface area contributed by atoms with E-state index in [0.717, 1.165) is 27.8 Å². The summed E-state index contributed by atoms with van der Waals surface area (Å²) in [6, 6.07) is 90.9. The third-order valence-corrected chi connectivity index (χ3v) is 22.1. The van der Waals surface area contributed by atoms with Gasteiger partial charge in [0.05, 0.1) is 0 Å². The molecule has 306 valence electrons. The topological polar surface area (TPSA) is 38.7 Å². The van der Waals surface area contributed by atoms with Gasteiger partial charge in [0.25, 0.3) is 0 Å². The van der Waals surface area contributed by atoms with Gasteiger partial charge in [-0.3, -0.25) is 0 Å². The van der Waals surface area contributed by atoms with Crippen molar-refractivity contribution in [2.75, 3.05) is 0 Å². The standard InChI is InChI=1S/C57H41Cl2N3Si2/c58-56-60-55(61-57(59)62-56)46-39-53(63(47-27-11-3-12-28-47,48-29-13-4-14-30-48)51-35-19-25-44(37-51)42-21-7-1-8-22-42)41-54(40-46)64(49-31-15-5-16-32-49,50-33-17-6-18-34-50)52-36-20-26-45(38-52)43-23-9-2-10-24-43/h1-41H. The summed E-state index contributed by atoms with van der Waals surface area (Å²) < 4.78 is 0. The van der Waals surface area contributed by atoms with Crippen LogP contribution >= 0.6 is 23.2 Å². The summed E-state index contributed by atoms with van der Waals surface area (Å²) in [4.78, 5) is 13.8. The summed E-state index contributed by atoms with van der Waals surface area (Å²) in [6.45, 7) is 0. The van der Waals surface area contributed by atoms with E-state index in [2.05, 4.69) is 254 Å². The molecule has 0 atom stereocenters. The van der Waals surface area contributed by atoms with Crippen molar-refractivity contribution in [1.82, 2.24) is 15.0 Å². The van der Waals surface area contributed by atoms with Crippen molar-refractivity contribution in [2.45, 2.75) is 0 Å². The fraction of sp³-hybridized carbons (Fsp3) is 0. The van der Waals surface area contributed by atoms with Gasteiger partial charge in [0.2, 0.25) is 10.6 Å². The minimum Gasteiger partial charge on any atom is -0.198 e. The molecule has 1 aromatic heterocycles. The van der Waals surface area contributed by atoms with E-state index < -0.39 is 16.1 Å². The second kappa shape index (κ2) is 18.0. The molecule has 9 aromatic carbocycles. The summed E-state index contributed by atoms with van der Waals surface area (Å²) >= 11 is 13.3. The first-order valence-corrected chi connectivity index (χ1v) is 26.1. The molecule has 10 aromatic rings. The Bertz CT molecular complexity index is 2890. The van der Waals surface area contributed by atoms with Crippen molar-refractivity contribution < 1.29 is 0 Å². The number of rotatable bonds is 11. The molecule has 0 spiro atoms. The summed E-state index contributed by atoms with van der Waals surface area (Å²) in [5.41, 5.74) is 5.45. The van der Waals surface area contributed by atoms with E-state index in [-0.39, 0.29) is 10.6 Å². The van der Waals surface area contributed by atoms with Gasteiger partial charge in [-0.25, -0.2) is 0 Å². The van der Waals surface area contributed by atoms with Crippen molar-refractivity contribution in [2.24, 2.45) is 0 Å². The van der Waals surface area contributed by atoms with Crippen LogP contribution in [0.5, 0.6) is 0 Å². The second-order valence-electron chi connectivity index (χ2n) is 15.9. The molecular formula is C57H41Cl2N3Si2. The Balaban J connectivity index is 1.39. The molecule has 0 unspecified atom stereocenters. The van der Waals surface area contributed by atoms with Crippen LogP contribution < -0.4 is 41.5 Å². The van der Waals surface area contributed by atoms with Gasteiger partial charge in [-0.05, 0) is 86.9 Å². The number of halogens is 2. The lowest BCUT2D eigenvalue weighted by Gasteiger charge is -2.38. The molecule has 0 bridgehead atoms. The zero-order valence-electron chi connectivity index (χ0n) is 34.8. The molecule has 64 heavy (non-hydrogen) atoms. The molecule has 0 saturated heterocycles. The van der Waals surface area contributed by atoms with Gasteiger partial charge in [-0.2, -0.15) is 15.0 Å². The van der Waals surface area contributed by atoms with Crippen LogP contribution in [-0.4, -0.2) is 31.1 Å². The average molecular weight is 895 g/mol. The number of aromatic nitrogens is 3. The zero-order chi connectivity index (χ0) is 43.4. The maximum absolute atomic E-state index is 6.66. The van der Waals surface area contributed by atoms with Crippen LogP contribution in [0.2, 0.25) is 10.6 Å². The molecule has 3 nitrogen and oxygen atoms in total. The number of nitrogens with zero attached hydrogens (tertiary/aromatic N) is 3. The highest BCUT2D eigenvalue weighted by Crippen LogP contribution is 2.25. The molecule has 0 radical (unpaired) electrons. The summed E-state index contributed by atoms with van der Waals surface area (Å²) in [5.74, 6) is 0.414. The van der Waals surface area contributed by atoms with Gasteiger partial charge in [-0.15, -0.1) is 0 Å². The molecule has 0 saturated carbocycles. The van der Waals surface area contributed by atoms with Gasteiger partial charge in [0.1, 0.15) is 0 Å². The van der Waals surface area contributed by atoms with Gasteiger partial charge >= 0.3 is 0 Å². The third-order valence-electron chi connectivity index (χ3n) is 12.3. The monoisotopic (exact) mass is 893 g/mol. The summed E-state index contributed by atoms with van der Waals surface area (Å²) in [5, 5.41) is 9.93. The first kappa shape index (κ1) is 41.0. The van der Waals surface area contributed by atoms with E-state index in [4.69, 9.17) is 33.2 Å². The Kier molecular flexibility index (Phi) is 11.5. The fourth-order valence-corrected chi connectivity index (χ4v) is 19.7. The van der Waals surface area contributed by atoms with Gasteiger partial charge in [-0.1, -0.05) is 249 Å². The van der Waals surface area contributed by atoms with E-state index >= 15 is 0 Å². The normalized spacial score (nSPS) is 11.6. The quantitative estimate of drug-likeness (QED) is 0.0963. The van der Waals surface area contributed by atoms with Crippen molar-refractivity contribution in [3.8, 4) is 33.6 Å². The molecule has 1 heterocycles. The van der Waals surface area contributed by atoms with E-state index in [1.807, 2.05) is 0 Å². The Morgan fingerprint density at radius 2 is 0.516 bits per heavy atom. The average Bonchev–Trinajstić information content (AvgIpc) is 3.36. The second-order valence-corrected chi connectivity index (χ2v) is 24.1. The highest BCUT2D eigenvalue weighted by Gasteiger charge is 2.46. The smallest absolute Gasteiger partial charge is 0.198 e. The van der Waals surface area contributed by atoms with Gasteiger partial charge in [0, 0.05) is 5.56 Å². The predicted octanol–water partition coefficient (Wildman–Crippen LogP) is 8.93. The van der Waals surface area contributed by atoms with Gasteiger partial charge in [0.15, 0.2) is 22.0 Å². The molecular weight excluding hydrogens is 854 g/mol. The minimum atomic E-state index is -3.25. The van der Waals surface area contributed by atoms with Crippen LogP contribution in [0.25, 0.3) is 33.6 Å². The van der Waals surface area contributed by atoms with E-state index in [9.17, 15) is 0 Å². The molecule has 0 aliphatic rings. The predicted molar refractivity (Wildman–Crippen MR) is 273 cm³/mol. The number of hydrogen-bond acceptors (Lipinski definition) is 3. The summed E-state index contributed by atoms with van der Waals surface area (Å²) in [7, 11) is -6.49. The van der Waals surface area contributed by atoms with E-state index in [0.29, 0.717) is 5.82 Å². The first-order chi connectivity index (χ1) is 31.5. The molecule has 0 N–H and O–H groups in total. The van der Waals surface area contributed by atoms with Crippen molar-refractivity contribution >= 4 is 80.8 Å². The van der Waals surface area contributed by atoms with E-state index in [1.165, 1.54) is 41.5 Å². The Morgan fingerprint density at radius 1 is 0.234 bits per heavy atom. The zero-order valence-corrected chi connectivity index (χ0v) is 38.3. The highest BCUT2D eigenvalue weighted by atomic mass is 35.5. The van der Waals surface area contributed by atoms with Crippen molar-refractivity contribution in [3.05, 3.63) is 259 Å². The maximum Gasteiger partial charge on any atom is 0.227 e. The number of hydrogen-bond donors (Lipinski definition) is 0. The molecule has 10 rings (SSSR count). The minimum absolute atomic E-state index is 0.0392. The lowest BCUT2D eigenvalue weighted by molar-refractivity contribution is 1.06. The maximum atomic E-state index is 6.66. The van der Waals surface area contributed by atoms with Crippen LogP contribution in [0.3, 0.4) is 0 Å². The summed E-state index contributed by atoms with van der Waals surface area (Å²) in [6.07, 6.45) is 0. The van der Waals surface area contributed by atoms with Crippen molar-refractivity contribution in [1.29, 1.82) is 0 Å². The lowest BCUT2D eigenvalue weighted by atomic mass is 10.1. The SMILES string of the molecule is Clc1nc(Cl)nc(-c2cc([Si](c3ccccc3)(c3ccccc3)c3cccc(-c4ccccc4)c3)cc([Si](c3ccccc3)(c3ccccc3)c3cccc(-c4ccccc4)c3)c2)n1. The fourth-order valence-electron chi connectivity index (χ4n) is 9.52. The largest absolute Gasteiger partial charge is 0.227 e. The third kappa shape index (κ3) is 7.63. The Labute approximate surface area is 386 Å². The Hall–Kier alpha value is -7.00. The molecule has 0 fully saturated rings. The lowest BCUT2D eigenvalue weighted by Crippen LogP contribution is -2.78. The van der Waals surface area contributed by atoms with E-state index in [1.54, 1.807) is 0 Å².